The molecule has 1 spiro atoms. The summed E-state index contributed by atoms with van der Waals surface area (Å²) in [5, 5.41) is 2.91. The second kappa shape index (κ2) is 10.8. The molecular formula is C38H28F3NO4. The zero-order valence-electron chi connectivity index (χ0n) is 24.7. The van der Waals surface area contributed by atoms with Crippen molar-refractivity contribution in [3.8, 4) is 23.0 Å². The first-order valence-electron chi connectivity index (χ1n) is 14.7. The summed E-state index contributed by atoms with van der Waals surface area (Å²) in [4.78, 5) is 16.1. The van der Waals surface area contributed by atoms with Gasteiger partial charge in [0, 0.05) is 34.0 Å². The number of carbonyl (C=O) groups is 1. The zero-order valence-corrected chi connectivity index (χ0v) is 24.7. The summed E-state index contributed by atoms with van der Waals surface area (Å²) in [6.45, 7) is 11.7. The first-order valence-corrected chi connectivity index (χ1v) is 14.7. The molecular weight excluding hydrogens is 591 g/mol. The van der Waals surface area contributed by atoms with E-state index in [0.717, 1.165) is 16.8 Å². The lowest BCUT2D eigenvalue weighted by Crippen LogP contribution is -2.44. The lowest BCUT2D eigenvalue weighted by Gasteiger charge is -2.37. The van der Waals surface area contributed by atoms with E-state index in [1.54, 1.807) is 42.5 Å². The van der Waals surface area contributed by atoms with Crippen molar-refractivity contribution in [1.29, 1.82) is 0 Å². The third-order valence-corrected chi connectivity index (χ3v) is 8.52. The van der Waals surface area contributed by atoms with Crippen molar-refractivity contribution in [2.24, 2.45) is 0 Å². The van der Waals surface area contributed by atoms with Crippen molar-refractivity contribution >= 4 is 33.1 Å². The van der Waals surface area contributed by atoms with Gasteiger partial charge in [-0.15, -0.1) is 6.58 Å². The number of hydrogen-bond acceptors (Lipinski definition) is 4. The predicted octanol–water partition coefficient (Wildman–Crippen LogP) is 9.11. The molecule has 0 fully saturated rings. The second-order valence-corrected chi connectivity index (χ2v) is 11.1. The fraction of sp³-hybridized carbons (Fsp3) is 0.132. The Labute approximate surface area is 263 Å². The van der Waals surface area contributed by atoms with Gasteiger partial charge in [-0.25, -0.2) is 0 Å². The number of benzene rings is 5. The highest BCUT2D eigenvalue weighted by Gasteiger charge is 2.59. The maximum absolute atomic E-state index is 14.9. The number of hydrogen-bond donors (Lipinski definition) is 0. The summed E-state index contributed by atoms with van der Waals surface area (Å²) in [7, 11) is 0. The highest BCUT2D eigenvalue weighted by molar-refractivity contribution is 6.16. The number of para-hydroxylation sites is 1. The van der Waals surface area contributed by atoms with E-state index in [-0.39, 0.29) is 17.8 Å². The van der Waals surface area contributed by atoms with E-state index in [1.165, 1.54) is 17.0 Å². The molecule has 5 aromatic carbocycles. The number of carbonyl (C=O) groups excluding carboxylic acids is 1. The fourth-order valence-corrected chi connectivity index (χ4v) is 6.71. The summed E-state index contributed by atoms with van der Waals surface area (Å²) in [5.41, 5.74) is -1.57. The minimum absolute atomic E-state index is 0.110. The van der Waals surface area contributed by atoms with Crippen molar-refractivity contribution in [3.63, 3.8) is 0 Å². The Kier molecular flexibility index (Phi) is 6.89. The van der Waals surface area contributed by atoms with Gasteiger partial charge in [-0.05, 0) is 53.2 Å². The van der Waals surface area contributed by atoms with Crippen LogP contribution in [0.1, 0.15) is 22.3 Å². The topological polar surface area (TPSA) is 48.0 Å². The lowest BCUT2D eigenvalue weighted by atomic mass is 9.67. The lowest BCUT2D eigenvalue weighted by molar-refractivity contribution is -0.137. The predicted molar refractivity (Wildman–Crippen MR) is 173 cm³/mol. The van der Waals surface area contributed by atoms with Crippen LogP contribution >= 0.6 is 0 Å². The van der Waals surface area contributed by atoms with Crippen LogP contribution in [0.15, 0.2) is 117 Å². The molecule has 0 atom stereocenters. The third kappa shape index (κ3) is 4.20. The fourth-order valence-electron chi connectivity index (χ4n) is 6.71. The maximum atomic E-state index is 14.9. The van der Waals surface area contributed by atoms with Crippen LogP contribution in [0, 0.1) is 0 Å². The van der Waals surface area contributed by atoms with E-state index in [1.807, 2.05) is 36.4 Å². The van der Waals surface area contributed by atoms with Crippen LogP contribution in [0.2, 0.25) is 0 Å². The number of halogens is 3. The molecule has 0 saturated heterocycles. The van der Waals surface area contributed by atoms with Crippen molar-refractivity contribution in [2.45, 2.75) is 11.6 Å². The second-order valence-electron chi connectivity index (χ2n) is 11.1. The van der Waals surface area contributed by atoms with E-state index in [9.17, 15) is 18.0 Å². The summed E-state index contributed by atoms with van der Waals surface area (Å²) in [6, 6.07) is 22.2. The number of alkyl halides is 3. The number of rotatable bonds is 8. The standard InChI is InChI=1S/C38H28F3NO4/c1-4-18-42-33-29(8-7-9-30(33)38(39,40)41)37(36(42)43)31-16-10-23-21-25(44-19-5-2)12-14-27(23)34(31)46-35-28-15-13-26(45-20-6-3)22-24(28)11-17-32(35)37/h4-17,21-22H,1-3,18-20H2. The maximum Gasteiger partial charge on any atom is 0.418 e. The van der Waals surface area contributed by atoms with Gasteiger partial charge in [0.2, 0.25) is 5.91 Å². The minimum Gasteiger partial charge on any atom is -0.490 e. The Morgan fingerprint density at radius 2 is 1.30 bits per heavy atom. The van der Waals surface area contributed by atoms with Gasteiger partial charge in [0.25, 0.3) is 0 Å². The van der Waals surface area contributed by atoms with Crippen LogP contribution in [0.5, 0.6) is 23.0 Å². The molecule has 46 heavy (non-hydrogen) atoms. The Balaban J connectivity index is 1.58. The molecule has 230 valence electrons. The summed E-state index contributed by atoms with van der Waals surface area (Å²) >= 11 is 0. The molecule has 5 nitrogen and oxygen atoms in total. The molecule has 0 radical (unpaired) electrons. The molecule has 0 bridgehead atoms. The van der Waals surface area contributed by atoms with Gasteiger partial charge < -0.3 is 19.1 Å². The number of fused-ring (bicyclic) bond motifs is 10. The highest BCUT2D eigenvalue weighted by Crippen LogP contribution is 2.62. The Bertz CT molecular complexity index is 2000. The van der Waals surface area contributed by atoms with Crippen LogP contribution in [0.3, 0.4) is 0 Å². The number of amides is 1. The Morgan fingerprint density at radius 1 is 0.739 bits per heavy atom. The summed E-state index contributed by atoms with van der Waals surface area (Å²) in [5.74, 6) is 1.49. The van der Waals surface area contributed by atoms with Gasteiger partial charge in [-0.2, -0.15) is 13.2 Å². The average molecular weight is 620 g/mol. The van der Waals surface area contributed by atoms with Crippen molar-refractivity contribution in [2.75, 3.05) is 24.7 Å². The van der Waals surface area contributed by atoms with E-state index < -0.39 is 23.1 Å². The van der Waals surface area contributed by atoms with E-state index in [0.29, 0.717) is 58.1 Å². The zero-order chi connectivity index (χ0) is 32.2. The molecule has 1 amide bonds. The van der Waals surface area contributed by atoms with Gasteiger partial charge >= 0.3 is 6.18 Å². The normalized spacial score (nSPS) is 14.4. The molecule has 0 N–H and O–H groups in total. The van der Waals surface area contributed by atoms with Crippen LogP contribution in [-0.4, -0.2) is 25.7 Å². The molecule has 2 aliphatic rings. The van der Waals surface area contributed by atoms with Gasteiger partial charge in [0.15, 0.2) is 0 Å². The minimum atomic E-state index is -4.70. The van der Waals surface area contributed by atoms with E-state index >= 15 is 0 Å². The first kappa shape index (κ1) is 29.2. The van der Waals surface area contributed by atoms with E-state index in [2.05, 4.69) is 19.7 Å². The molecule has 0 unspecified atom stereocenters. The SMILES string of the molecule is C=CCOc1ccc2c3c(ccc2c1)C1(C(=O)N(CC=C)c2c(C(F)(F)F)cccc21)c1ccc2cc(OCC=C)ccc2c1O3. The first-order chi connectivity index (χ1) is 22.2. The summed E-state index contributed by atoms with van der Waals surface area (Å²) < 4.78 is 62.0. The van der Waals surface area contributed by atoms with Gasteiger partial charge in [-0.1, -0.05) is 67.8 Å². The van der Waals surface area contributed by atoms with Crippen LogP contribution < -0.4 is 19.1 Å². The van der Waals surface area contributed by atoms with E-state index in [4.69, 9.17) is 14.2 Å². The molecule has 7 rings (SSSR count). The monoisotopic (exact) mass is 619 g/mol. The van der Waals surface area contributed by atoms with Gasteiger partial charge in [0.1, 0.15) is 41.6 Å². The summed E-state index contributed by atoms with van der Waals surface area (Å²) in [6.07, 6.45) is 0.0234. The quantitative estimate of drug-likeness (QED) is 0.163. The molecule has 8 heteroatoms. The number of anilines is 1. The largest absolute Gasteiger partial charge is 0.490 e. The van der Waals surface area contributed by atoms with Crippen molar-refractivity contribution in [3.05, 3.63) is 139 Å². The molecule has 0 aromatic heterocycles. The average Bonchev–Trinajstić information content (AvgIpc) is 3.29. The Morgan fingerprint density at radius 3 is 1.80 bits per heavy atom. The molecule has 0 saturated carbocycles. The molecule has 2 heterocycles. The highest BCUT2D eigenvalue weighted by atomic mass is 19.4. The van der Waals surface area contributed by atoms with Crippen LogP contribution in [0.25, 0.3) is 21.5 Å². The van der Waals surface area contributed by atoms with Gasteiger partial charge in [0.05, 0.1) is 11.3 Å². The third-order valence-electron chi connectivity index (χ3n) is 8.52. The molecule has 2 aliphatic heterocycles. The van der Waals surface area contributed by atoms with Crippen molar-refractivity contribution < 1.29 is 32.2 Å². The number of ether oxygens (including phenoxy) is 3. The molecule has 5 aromatic rings. The smallest absolute Gasteiger partial charge is 0.418 e. The Hall–Kier alpha value is -5.50. The number of nitrogens with zero attached hydrogens (tertiary/aromatic N) is 1. The molecule has 0 aliphatic carbocycles. The van der Waals surface area contributed by atoms with Gasteiger partial charge in [-0.3, -0.25) is 4.79 Å². The van der Waals surface area contributed by atoms with Crippen molar-refractivity contribution in [1.82, 2.24) is 0 Å². The van der Waals surface area contributed by atoms with Crippen LogP contribution in [0.4, 0.5) is 18.9 Å². The van der Waals surface area contributed by atoms with Crippen LogP contribution in [-0.2, 0) is 16.4 Å².